The lowest BCUT2D eigenvalue weighted by Crippen LogP contribution is -2.29. The summed E-state index contributed by atoms with van der Waals surface area (Å²) in [5, 5.41) is 2.70. The third-order valence-electron chi connectivity index (χ3n) is 5.44. The number of halogens is 1. The maximum atomic E-state index is 14.0. The van der Waals surface area contributed by atoms with Crippen LogP contribution in [-0.2, 0) is 19.6 Å². The fourth-order valence-corrected chi connectivity index (χ4v) is 5.41. The Morgan fingerprint density at radius 1 is 1.07 bits per heavy atom. The molecule has 1 atom stereocenters. The molecule has 4 rings (SSSR count). The second kappa shape index (κ2) is 8.16. The predicted octanol–water partition coefficient (Wildman–Crippen LogP) is 2.60. The lowest BCUT2D eigenvalue weighted by Gasteiger charge is -2.18. The number of carbonyl (C=O) groups is 2. The van der Waals surface area contributed by atoms with Gasteiger partial charge in [-0.05, 0) is 43.2 Å². The standard InChI is InChI=1S/C21H22FN3O4S/c22-18-8-1-2-9-19(18)25-14-15(12-20(25)26)21(27)23-16-6-5-7-17(13-16)30(28,29)24-10-3-4-11-24/h1-2,5-9,13,15H,3-4,10-12,14H2,(H,23,27)/t15-/m1/s1. The number of hydrogen-bond acceptors (Lipinski definition) is 4. The summed E-state index contributed by atoms with van der Waals surface area (Å²) in [6.45, 7) is 1.06. The Balaban J connectivity index is 1.47. The van der Waals surface area contributed by atoms with Crippen LogP contribution in [0.5, 0.6) is 0 Å². The Labute approximate surface area is 174 Å². The number of benzene rings is 2. The van der Waals surface area contributed by atoms with Gasteiger partial charge in [0.1, 0.15) is 5.82 Å². The normalized spacial score (nSPS) is 20.0. The molecule has 0 spiro atoms. The van der Waals surface area contributed by atoms with Crippen LogP contribution in [0.4, 0.5) is 15.8 Å². The molecule has 2 aliphatic rings. The summed E-state index contributed by atoms with van der Waals surface area (Å²) in [5.41, 5.74) is 0.494. The summed E-state index contributed by atoms with van der Waals surface area (Å²) < 4.78 is 40.9. The number of sulfonamides is 1. The molecule has 0 radical (unpaired) electrons. The molecule has 9 heteroatoms. The topological polar surface area (TPSA) is 86.8 Å². The number of nitrogens with one attached hydrogen (secondary N) is 1. The molecule has 158 valence electrons. The van der Waals surface area contributed by atoms with E-state index in [1.807, 2.05) is 0 Å². The Bertz CT molecular complexity index is 1080. The predicted molar refractivity (Wildman–Crippen MR) is 110 cm³/mol. The summed E-state index contributed by atoms with van der Waals surface area (Å²) in [4.78, 5) is 26.4. The molecule has 30 heavy (non-hydrogen) atoms. The van der Waals surface area contributed by atoms with Gasteiger partial charge in [-0.25, -0.2) is 12.8 Å². The van der Waals surface area contributed by atoms with Crippen molar-refractivity contribution >= 4 is 33.2 Å². The summed E-state index contributed by atoms with van der Waals surface area (Å²) in [6.07, 6.45) is 1.64. The van der Waals surface area contributed by atoms with E-state index in [2.05, 4.69) is 5.32 Å². The van der Waals surface area contributed by atoms with E-state index in [4.69, 9.17) is 0 Å². The zero-order valence-corrected chi connectivity index (χ0v) is 17.1. The van der Waals surface area contributed by atoms with Gasteiger partial charge in [0, 0.05) is 31.7 Å². The second-order valence-corrected chi connectivity index (χ2v) is 9.42. The molecule has 0 aliphatic carbocycles. The Morgan fingerprint density at radius 2 is 1.80 bits per heavy atom. The highest BCUT2D eigenvalue weighted by molar-refractivity contribution is 7.89. The molecule has 2 aliphatic heterocycles. The molecule has 0 unspecified atom stereocenters. The molecule has 0 aromatic heterocycles. The number of rotatable bonds is 5. The number of para-hydroxylation sites is 1. The molecule has 0 saturated carbocycles. The first-order valence-electron chi connectivity index (χ1n) is 9.82. The summed E-state index contributed by atoms with van der Waals surface area (Å²) in [5.74, 6) is -1.91. The fourth-order valence-electron chi connectivity index (χ4n) is 3.84. The van der Waals surface area contributed by atoms with Crippen LogP contribution in [0.3, 0.4) is 0 Å². The van der Waals surface area contributed by atoms with Crippen LogP contribution in [0.1, 0.15) is 19.3 Å². The zero-order chi connectivity index (χ0) is 21.3. The van der Waals surface area contributed by atoms with Gasteiger partial charge in [-0.3, -0.25) is 9.59 Å². The van der Waals surface area contributed by atoms with Gasteiger partial charge in [-0.1, -0.05) is 18.2 Å². The van der Waals surface area contributed by atoms with Crippen LogP contribution in [0.25, 0.3) is 0 Å². The van der Waals surface area contributed by atoms with E-state index in [0.29, 0.717) is 18.8 Å². The van der Waals surface area contributed by atoms with Gasteiger partial charge in [0.2, 0.25) is 21.8 Å². The van der Waals surface area contributed by atoms with Gasteiger partial charge >= 0.3 is 0 Å². The molecule has 7 nitrogen and oxygen atoms in total. The Kier molecular flexibility index (Phi) is 5.57. The van der Waals surface area contributed by atoms with E-state index in [1.165, 1.54) is 39.5 Å². The highest BCUT2D eigenvalue weighted by atomic mass is 32.2. The Hall–Kier alpha value is -2.78. The number of anilines is 2. The molecule has 2 fully saturated rings. The minimum absolute atomic E-state index is 0.0358. The minimum Gasteiger partial charge on any atom is -0.326 e. The lowest BCUT2D eigenvalue weighted by molar-refractivity contribution is -0.122. The number of amides is 2. The van der Waals surface area contributed by atoms with Crippen LogP contribution in [0.15, 0.2) is 53.4 Å². The highest BCUT2D eigenvalue weighted by Crippen LogP contribution is 2.28. The molecular weight excluding hydrogens is 409 g/mol. The van der Waals surface area contributed by atoms with Crippen molar-refractivity contribution in [1.29, 1.82) is 0 Å². The largest absolute Gasteiger partial charge is 0.326 e. The van der Waals surface area contributed by atoms with Crippen LogP contribution >= 0.6 is 0 Å². The van der Waals surface area contributed by atoms with Gasteiger partial charge in [0.15, 0.2) is 0 Å². The van der Waals surface area contributed by atoms with Gasteiger partial charge in [0.05, 0.1) is 16.5 Å². The van der Waals surface area contributed by atoms with Crippen molar-refractivity contribution in [2.75, 3.05) is 29.9 Å². The van der Waals surface area contributed by atoms with Crippen LogP contribution < -0.4 is 10.2 Å². The number of hydrogen-bond donors (Lipinski definition) is 1. The first-order valence-corrected chi connectivity index (χ1v) is 11.3. The zero-order valence-electron chi connectivity index (χ0n) is 16.3. The van der Waals surface area contributed by atoms with Gasteiger partial charge < -0.3 is 10.2 Å². The molecule has 2 aromatic carbocycles. The summed E-state index contributed by atoms with van der Waals surface area (Å²) >= 11 is 0. The molecular formula is C21H22FN3O4S. The van der Waals surface area contributed by atoms with Crippen molar-refractivity contribution < 1.29 is 22.4 Å². The smallest absolute Gasteiger partial charge is 0.243 e. The molecule has 2 amide bonds. The number of carbonyl (C=O) groups excluding carboxylic acids is 2. The van der Waals surface area contributed by atoms with Gasteiger partial charge in [-0.15, -0.1) is 0 Å². The fraction of sp³-hybridized carbons (Fsp3) is 0.333. The first-order chi connectivity index (χ1) is 14.4. The third kappa shape index (κ3) is 3.95. The maximum absolute atomic E-state index is 14.0. The van der Waals surface area contributed by atoms with Gasteiger partial charge in [0.25, 0.3) is 0 Å². The van der Waals surface area contributed by atoms with Gasteiger partial charge in [-0.2, -0.15) is 4.31 Å². The van der Waals surface area contributed by atoms with E-state index in [-0.39, 0.29) is 29.5 Å². The van der Waals surface area contributed by atoms with E-state index >= 15 is 0 Å². The molecule has 0 bridgehead atoms. The quantitative estimate of drug-likeness (QED) is 0.789. The van der Waals surface area contributed by atoms with E-state index in [0.717, 1.165) is 12.8 Å². The minimum atomic E-state index is -3.60. The van der Waals surface area contributed by atoms with Crippen molar-refractivity contribution in [1.82, 2.24) is 4.31 Å². The van der Waals surface area contributed by atoms with Crippen LogP contribution in [0.2, 0.25) is 0 Å². The molecule has 2 heterocycles. The average Bonchev–Trinajstić information content (AvgIpc) is 3.39. The number of nitrogens with zero attached hydrogens (tertiary/aromatic N) is 2. The second-order valence-electron chi connectivity index (χ2n) is 7.49. The van der Waals surface area contributed by atoms with E-state index in [9.17, 15) is 22.4 Å². The lowest BCUT2D eigenvalue weighted by atomic mass is 10.1. The van der Waals surface area contributed by atoms with Crippen molar-refractivity contribution in [2.45, 2.75) is 24.2 Å². The van der Waals surface area contributed by atoms with Crippen LogP contribution in [-0.4, -0.2) is 44.2 Å². The summed E-state index contributed by atoms with van der Waals surface area (Å²) in [7, 11) is -3.60. The molecule has 2 aromatic rings. The molecule has 2 saturated heterocycles. The third-order valence-corrected chi connectivity index (χ3v) is 7.34. The maximum Gasteiger partial charge on any atom is 0.243 e. The average molecular weight is 431 g/mol. The first kappa shape index (κ1) is 20.5. The van der Waals surface area contributed by atoms with Crippen molar-refractivity contribution in [3.8, 4) is 0 Å². The summed E-state index contributed by atoms with van der Waals surface area (Å²) in [6, 6.07) is 12.0. The molecule has 1 N–H and O–H groups in total. The van der Waals surface area contributed by atoms with E-state index < -0.39 is 27.7 Å². The van der Waals surface area contributed by atoms with Crippen molar-refractivity contribution in [3.63, 3.8) is 0 Å². The SMILES string of the molecule is O=C(Nc1cccc(S(=O)(=O)N2CCCC2)c1)[C@@H]1CC(=O)N(c2ccccc2F)C1. The highest BCUT2D eigenvalue weighted by Gasteiger charge is 2.36. The van der Waals surface area contributed by atoms with Crippen molar-refractivity contribution in [3.05, 3.63) is 54.3 Å². The Morgan fingerprint density at radius 3 is 2.53 bits per heavy atom. The van der Waals surface area contributed by atoms with Crippen molar-refractivity contribution in [2.24, 2.45) is 5.92 Å². The monoisotopic (exact) mass is 431 g/mol. The van der Waals surface area contributed by atoms with E-state index in [1.54, 1.807) is 18.2 Å². The van der Waals surface area contributed by atoms with Crippen LogP contribution in [0, 0.1) is 11.7 Å².